The van der Waals surface area contributed by atoms with Crippen molar-refractivity contribution in [3.8, 4) is 0 Å². The van der Waals surface area contributed by atoms with Gasteiger partial charge < -0.3 is 5.73 Å². The van der Waals surface area contributed by atoms with Gasteiger partial charge in [-0.3, -0.25) is 0 Å². The molecule has 0 bridgehead atoms. The lowest BCUT2D eigenvalue weighted by atomic mass is 9.96. The molecule has 3 unspecified atom stereocenters. The molecule has 52 valence electrons. The summed E-state index contributed by atoms with van der Waals surface area (Å²) in [7, 11) is 0. The van der Waals surface area contributed by atoms with Crippen molar-refractivity contribution in [2.45, 2.75) is 38.1 Å². The highest BCUT2D eigenvalue weighted by atomic mass is 14.9. The Hall–Kier alpha value is -0.0400. The summed E-state index contributed by atoms with van der Waals surface area (Å²) in [5, 5.41) is 0. The van der Waals surface area contributed by atoms with Crippen LogP contribution in [0.1, 0.15) is 32.6 Å². The van der Waals surface area contributed by atoms with Crippen LogP contribution in [0.3, 0.4) is 0 Å². The van der Waals surface area contributed by atoms with Crippen LogP contribution in [0.25, 0.3) is 0 Å². The Morgan fingerprint density at radius 3 is 2.56 bits per heavy atom. The molecular formula is C8H15N. The van der Waals surface area contributed by atoms with E-state index >= 15 is 0 Å². The fraction of sp³-hybridized carbons (Fsp3) is 1.00. The van der Waals surface area contributed by atoms with E-state index in [-0.39, 0.29) is 0 Å². The van der Waals surface area contributed by atoms with Gasteiger partial charge in [0, 0.05) is 5.54 Å². The minimum Gasteiger partial charge on any atom is -0.325 e. The van der Waals surface area contributed by atoms with Gasteiger partial charge in [0.15, 0.2) is 0 Å². The Bertz CT molecular complexity index is 131. The van der Waals surface area contributed by atoms with E-state index in [1.807, 2.05) is 0 Å². The predicted molar refractivity (Wildman–Crippen MR) is 38.0 cm³/mol. The second-order valence-electron chi connectivity index (χ2n) is 3.70. The van der Waals surface area contributed by atoms with Gasteiger partial charge in [-0.15, -0.1) is 0 Å². The largest absolute Gasteiger partial charge is 0.325 e. The molecule has 0 radical (unpaired) electrons. The third-order valence-corrected chi connectivity index (χ3v) is 3.32. The maximum absolute atomic E-state index is 6.11. The van der Waals surface area contributed by atoms with E-state index in [0.29, 0.717) is 5.54 Å². The molecule has 3 atom stereocenters. The van der Waals surface area contributed by atoms with Crippen LogP contribution in [0.2, 0.25) is 0 Å². The molecule has 2 rings (SSSR count). The first-order valence-electron chi connectivity index (χ1n) is 4.06. The van der Waals surface area contributed by atoms with E-state index in [1.54, 1.807) is 0 Å². The second-order valence-corrected chi connectivity index (χ2v) is 3.70. The SMILES string of the molecule is CCC1CCC2CC12N. The fourth-order valence-electron chi connectivity index (χ4n) is 2.49. The molecule has 0 spiro atoms. The van der Waals surface area contributed by atoms with Crippen molar-refractivity contribution in [3.05, 3.63) is 0 Å². The molecule has 2 N–H and O–H groups in total. The number of nitrogens with two attached hydrogens (primary N) is 1. The lowest BCUT2D eigenvalue weighted by molar-refractivity contribution is 0.412. The van der Waals surface area contributed by atoms with Crippen molar-refractivity contribution in [3.63, 3.8) is 0 Å². The summed E-state index contributed by atoms with van der Waals surface area (Å²) >= 11 is 0. The number of hydrogen-bond donors (Lipinski definition) is 1. The van der Waals surface area contributed by atoms with Gasteiger partial charge in [-0.05, 0) is 31.1 Å². The van der Waals surface area contributed by atoms with Gasteiger partial charge in [-0.25, -0.2) is 0 Å². The highest BCUT2D eigenvalue weighted by molar-refractivity contribution is 5.15. The van der Waals surface area contributed by atoms with Crippen LogP contribution >= 0.6 is 0 Å². The zero-order valence-electron chi connectivity index (χ0n) is 6.06. The fourth-order valence-corrected chi connectivity index (χ4v) is 2.49. The first kappa shape index (κ1) is 5.72. The van der Waals surface area contributed by atoms with Gasteiger partial charge in [-0.2, -0.15) is 0 Å². The van der Waals surface area contributed by atoms with Crippen molar-refractivity contribution in [2.24, 2.45) is 17.6 Å². The molecule has 9 heavy (non-hydrogen) atoms. The van der Waals surface area contributed by atoms with Crippen LogP contribution in [0, 0.1) is 11.8 Å². The predicted octanol–water partition coefficient (Wildman–Crippen LogP) is 1.52. The summed E-state index contributed by atoms with van der Waals surface area (Å²) in [6.07, 6.45) is 5.44. The topological polar surface area (TPSA) is 26.0 Å². The van der Waals surface area contributed by atoms with E-state index in [9.17, 15) is 0 Å². The van der Waals surface area contributed by atoms with E-state index in [0.717, 1.165) is 11.8 Å². The molecule has 0 aromatic rings. The van der Waals surface area contributed by atoms with Gasteiger partial charge in [0.1, 0.15) is 0 Å². The molecule has 0 heterocycles. The Balaban J connectivity index is 2.09. The van der Waals surface area contributed by atoms with Gasteiger partial charge in [0.2, 0.25) is 0 Å². The Morgan fingerprint density at radius 2 is 2.33 bits per heavy atom. The average Bonchev–Trinajstić information content (AvgIpc) is 2.38. The van der Waals surface area contributed by atoms with Gasteiger partial charge in [0.05, 0.1) is 0 Å². The van der Waals surface area contributed by atoms with Gasteiger partial charge in [-0.1, -0.05) is 13.3 Å². The average molecular weight is 125 g/mol. The summed E-state index contributed by atoms with van der Waals surface area (Å²) in [5.74, 6) is 1.78. The molecule has 0 aromatic carbocycles. The molecule has 0 aromatic heterocycles. The Labute approximate surface area is 56.6 Å². The molecule has 0 amide bonds. The van der Waals surface area contributed by atoms with Crippen molar-refractivity contribution < 1.29 is 0 Å². The summed E-state index contributed by atoms with van der Waals surface area (Å²) in [6.45, 7) is 2.26. The molecule has 2 saturated carbocycles. The number of rotatable bonds is 1. The monoisotopic (exact) mass is 125 g/mol. The smallest absolute Gasteiger partial charge is 0.0215 e. The summed E-state index contributed by atoms with van der Waals surface area (Å²) < 4.78 is 0. The minimum absolute atomic E-state index is 0.328. The molecule has 2 aliphatic carbocycles. The zero-order valence-corrected chi connectivity index (χ0v) is 6.06. The molecule has 1 heteroatoms. The summed E-state index contributed by atoms with van der Waals surface area (Å²) in [6, 6.07) is 0. The van der Waals surface area contributed by atoms with E-state index in [2.05, 4.69) is 6.92 Å². The standard InChI is InChI=1S/C8H15N/c1-2-6-3-4-7-5-8(6,7)9/h6-7H,2-5,9H2,1H3. The number of fused-ring (bicyclic) bond motifs is 1. The Kier molecular flexibility index (Phi) is 0.963. The van der Waals surface area contributed by atoms with Gasteiger partial charge >= 0.3 is 0 Å². The quantitative estimate of drug-likeness (QED) is 0.565. The second kappa shape index (κ2) is 1.51. The van der Waals surface area contributed by atoms with Crippen LogP contribution in [-0.2, 0) is 0 Å². The minimum atomic E-state index is 0.328. The summed E-state index contributed by atoms with van der Waals surface area (Å²) in [5.41, 5.74) is 6.43. The van der Waals surface area contributed by atoms with Crippen LogP contribution in [0.5, 0.6) is 0 Å². The molecule has 2 aliphatic rings. The maximum atomic E-state index is 6.11. The molecule has 0 aliphatic heterocycles. The lowest BCUT2D eigenvalue weighted by Crippen LogP contribution is -2.30. The van der Waals surface area contributed by atoms with E-state index in [4.69, 9.17) is 5.73 Å². The van der Waals surface area contributed by atoms with E-state index < -0.39 is 0 Å². The normalized spacial score (nSPS) is 55.3. The first-order chi connectivity index (χ1) is 4.27. The van der Waals surface area contributed by atoms with E-state index in [1.165, 1.54) is 25.7 Å². The molecule has 2 fully saturated rings. The third-order valence-electron chi connectivity index (χ3n) is 3.32. The zero-order chi connectivity index (χ0) is 6.48. The highest BCUT2D eigenvalue weighted by Crippen LogP contribution is 2.58. The third kappa shape index (κ3) is 0.586. The van der Waals surface area contributed by atoms with Crippen molar-refractivity contribution >= 4 is 0 Å². The van der Waals surface area contributed by atoms with Crippen LogP contribution in [0.15, 0.2) is 0 Å². The highest BCUT2D eigenvalue weighted by Gasteiger charge is 2.58. The van der Waals surface area contributed by atoms with Crippen LogP contribution in [-0.4, -0.2) is 5.54 Å². The summed E-state index contributed by atoms with van der Waals surface area (Å²) in [4.78, 5) is 0. The Morgan fingerprint density at radius 1 is 1.56 bits per heavy atom. The van der Waals surface area contributed by atoms with Crippen LogP contribution < -0.4 is 5.73 Å². The van der Waals surface area contributed by atoms with Crippen LogP contribution in [0.4, 0.5) is 0 Å². The maximum Gasteiger partial charge on any atom is 0.0215 e. The number of hydrogen-bond acceptors (Lipinski definition) is 1. The first-order valence-corrected chi connectivity index (χ1v) is 4.06. The van der Waals surface area contributed by atoms with Crippen molar-refractivity contribution in [1.29, 1.82) is 0 Å². The lowest BCUT2D eigenvalue weighted by Gasteiger charge is -2.15. The molecule has 0 saturated heterocycles. The van der Waals surface area contributed by atoms with Gasteiger partial charge in [0.25, 0.3) is 0 Å². The van der Waals surface area contributed by atoms with Crippen molar-refractivity contribution in [1.82, 2.24) is 0 Å². The van der Waals surface area contributed by atoms with Crippen molar-refractivity contribution in [2.75, 3.05) is 0 Å². The molecule has 1 nitrogen and oxygen atoms in total. The molecular weight excluding hydrogens is 110 g/mol.